The van der Waals surface area contributed by atoms with Gasteiger partial charge in [-0.2, -0.15) is 0 Å². The molecule has 0 fully saturated rings. The van der Waals surface area contributed by atoms with Gasteiger partial charge in [-0.1, -0.05) is 56.9 Å². The number of aromatic hydroxyl groups is 1. The minimum atomic E-state index is -0.292. The molecule has 0 saturated carbocycles. The smallest absolute Gasteiger partial charge is 0.115 e. The van der Waals surface area contributed by atoms with Gasteiger partial charge in [-0.05, 0) is 61.6 Å². The summed E-state index contributed by atoms with van der Waals surface area (Å²) in [4.78, 5) is 4.54. The fraction of sp³-hybridized carbons (Fsp3) is 0.480. The van der Waals surface area contributed by atoms with Crippen LogP contribution in [-0.4, -0.2) is 24.1 Å². The molecule has 0 amide bonds. The lowest BCUT2D eigenvalue weighted by Gasteiger charge is -2.29. The van der Waals surface area contributed by atoms with Gasteiger partial charge >= 0.3 is 0 Å². The number of aliphatic imine (C=N–C) groups is 1. The van der Waals surface area contributed by atoms with Gasteiger partial charge < -0.3 is 15.6 Å². The normalized spacial score (nSPS) is 19.9. The molecule has 1 aromatic carbocycles. The Kier molecular flexibility index (Phi) is 9.72. The van der Waals surface area contributed by atoms with Gasteiger partial charge in [0.2, 0.25) is 0 Å². The maximum Gasteiger partial charge on any atom is 0.115 e. The zero-order valence-electron chi connectivity index (χ0n) is 18.1. The lowest BCUT2D eigenvalue weighted by Crippen LogP contribution is -2.31. The van der Waals surface area contributed by atoms with Crippen LogP contribution in [0, 0.1) is 0 Å². The second-order valence-corrected chi connectivity index (χ2v) is 7.45. The Labute approximate surface area is 175 Å². The van der Waals surface area contributed by atoms with E-state index in [9.17, 15) is 5.11 Å². The third-order valence-corrected chi connectivity index (χ3v) is 5.34. The highest BCUT2D eigenvalue weighted by molar-refractivity contribution is 5.82. The van der Waals surface area contributed by atoms with Gasteiger partial charge in [0.25, 0.3) is 0 Å². The minimum Gasteiger partial charge on any atom is -0.508 e. The summed E-state index contributed by atoms with van der Waals surface area (Å²) in [6.45, 7) is 7.15. The van der Waals surface area contributed by atoms with E-state index in [0.29, 0.717) is 0 Å². The van der Waals surface area contributed by atoms with Gasteiger partial charge in [-0.25, -0.2) is 0 Å². The van der Waals surface area contributed by atoms with Crippen molar-refractivity contribution in [1.29, 1.82) is 0 Å². The number of nitrogens with two attached hydrogens (primary N) is 1. The molecule has 0 radical (unpaired) electrons. The summed E-state index contributed by atoms with van der Waals surface area (Å²) in [6, 6.07) is 7.30. The molecule has 158 valence electrons. The molecule has 2 atom stereocenters. The minimum absolute atomic E-state index is 0.0463. The highest BCUT2D eigenvalue weighted by Gasteiger charge is 2.27. The Morgan fingerprint density at radius 1 is 1.17 bits per heavy atom. The Morgan fingerprint density at radius 3 is 2.59 bits per heavy atom. The van der Waals surface area contributed by atoms with E-state index in [1.54, 1.807) is 12.1 Å². The quantitative estimate of drug-likeness (QED) is 0.274. The number of benzene rings is 1. The Morgan fingerprint density at radius 2 is 1.93 bits per heavy atom. The van der Waals surface area contributed by atoms with Crippen LogP contribution in [-0.2, 0) is 4.74 Å². The number of phenols is 1. The molecule has 4 nitrogen and oxygen atoms in total. The highest BCUT2D eigenvalue weighted by atomic mass is 16.5. The predicted molar refractivity (Wildman–Crippen MR) is 122 cm³/mol. The summed E-state index contributed by atoms with van der Waals surface area (Å²) >= 11 is 0. The molecule has 0 aliphatic carbocycles. The molecule has 0 aromatic heterocycles. The molecule has 2 rings (SSSR count). The second kappa shape index (κ2) is 12.3. The van der Waals surface area contributed by atoms with E-state index in [1.165, 1.54) is 30.4 Å². The third kappa shape index (κ3) is 6.90. The fourth-order valence-corrected chi connectivity index (χ4v) is 3.71. The van der Waals surface area contributed by atoms with Crippen molar-refractivity contribution in [3.8, 4) is 5.75 Å². The average molecular weight is 397 g/mol. The zero-order chi connectivity index (χ0) is 21.1. The number of allylic oxidation sites excluding steroid dienone is 4. The summed E-state index contributed by atoms with van der Waals surface area (Å²) in [5, 5.41) is 9.59. The van der Waals surface area contributed by atoms with Crippen LogP contribution in [0.3, 0.4) is 0 Å². The molecule has 1 aliphatic rings. The summed E-state index contributed by atoms with van der Waals surface area (Å²) < 4.78 is 5.88. The van der Waals surface area contributed by atoms with Gasteiger partial charge in [0.15, 0.2) is 0 Å². The van der Waals surface area contributed by atoms with Crippen molar-refractivity contribution in [2.75, 3.05) is 6.61 Å². The lowest BCUT2D eigenvalue weighted by molar-refractivity contribution is 0.216. The molecule has 1 aliphatic heterocycles. The maximum atomic E-state index is 9.59. The van der Waals surface area contributed by atoms with Crippen molar-refractivity contribution in [2.24, 2.45) is 10.7 Å². The molecule has 3 N–H and O–H groups in total. The predicted octanol–water partition coefficient (Wildman–Crippen LogP) is 6.00. The largest absolute Gasteiger partial charge is 0.508 e. The van der Waals surface area contributed by atoms with Gasteiger partial charge in [0.05, 0.1) is 6.61 Å². The standard InChI is InChI=1S/C25H36N2O2/c1-4-7-8-9-17-29-22(5-2)12-10-11-20-18-27-25(26)24(23(20)6-3)19-13-15-21(28)16-14-19/h5,10,12-16,18,24-25,28H,4,6-9,11,17,26H2,1-3H3/b12-10-,22-5+. The van der Waals surface area contributed by atoms with Crippen molar-refractivity contribution in [3.05, 3.63) is 65.0 Å². The van der Waals surface area contributed by atoms with Gasteiger partial charge in [0.1, 0.15) is 17.7 Å². The Hall–Kier alpha value is -2.33. The molecule has 2 unspecified atom stereocenters. The summed E-state index contributed by atoms with van der Waals surface area (Å²) in [5.74, 6) is 1.23. The molecule has 29 heavy (non-hydrogen) atoms. The van der Waals surface area contributed by atoms with Crippen molar-refractivity contribution >= 4 is 6.21 Å². The maximum absolute atomic E-state index is 9.59. The Balaban J connectivity index is 2.05. The SMILES string of the molecule is C/C=C(\C=C/CC1=C(CC)C(c2ccc(O)cc2)C(N)N=C1)OCCCCCC. The van der Waals surface area contributed by atoms with E-state index < -0.39 is 0 Å². The lowest BCUT2D eigenvalue weighted by atomic mass is 9.82. The first-order chi connectivity index (χ1) is 14.1. The first-order valence-electron chi connectivity index (χ1n) is 10.9. The van der Waals surface area contributed by atoms with Crippen LogP contribution in [0.4, 0.5) is 0 Å². The molecule has 0 saturated heterocycles. The van der Waals surface area contributed by atoms with Crippen LogP contribution in [0.1, 0.15) is 70.8 Å². The van der Waals surface area contributed by atoms with E-state index in [0.717, 1.165) is 37.2 Å². The number of unbranched alkanes of at least 4 members (excludes halogenated alkanes) is 3. The molecule has 0 spiro atoms. The van der Waals surface area contributed by atoms with Crippen molar-refractivity contribution in [2.45, 2.75) is 71.4 Å². The van der Waals surface area contributed by atoms with Crippen molar-refractivity contribution < 1.29 is 9.84 Å². The number of phenolic OH excluding ortho intramolecular Hbond substituents is 1. The zero-order valence-corrected chi connectivity index (χ0v) is 18.1. The summed E-state index contributed by atoms with van der Waals surface area (Å²) in [7, 11) is 0. The summed E-state index contributed by atoms with van der Waals surface area (Å²) in [6.07, 6.45) is 14.4. The topological polar surface area (TPSA) is 67.8 Å². The van der Waals surface area contributed by atoms with Crippen molar-refractivity contribution in [1.82, 2.24) is 0 Å². The van der Waals surface area contributed by atoms with E-state index in [-0.39, 0.29) is 17.8 Å². The first kappa shape index (κ1) is 23.0. The second-order valence-electron chi connectivity index (χ2n) is 7.45. The number of dihydropyridines is 1. The average Bonchev–Trinajstić information content (AvgIpc) is 2.73. The van der Waals surface area contributed by atoms with E-state index in [1.807, 2.05) is 31.3 Å². The van der Waals surface area contributed by atoms with E-state index in [2.05, 4.69) is 31.0 Å². The molecular formula is C25H36N2O2. The molecule has 1 heterocycles. The number of hydrogen-bond donors (Lipinski definition) is 2. The van der Waals surface area contributed by atoms with Crippen LogP contribution in [0.2, 0.25) is 0 Å². The number of ether oxygens (including phenoxy) is 1. The Bertz CT molecular complexity index is 745. The summed E-state index contributed by atoms with van der Waals surface area (Å²) in [5.41, 5.74) is 9.94. The van der Waals surface area contributed by atoms with Crippen LogP contribution < -0.4 is 5.73 Å². The van der Waals surface area contributed by atoms with Gasteiger partial charge in [-0.15, -0.1) is 0 Å². The molecule has 4 heteroatoms. The number of nitrogens with zero attached hydrogens (tertiary/aromatic N) is 1. The van der Waals surface area contributed by atoms with Crippen LogP contribution in [0.15, 0.2) is 64.4 Å². The van der Waals surface area contributed by atoms with Crippen LogP contribution in [0.25, 0.3) is 0 Å². The fourth-order valence-electron chi connectivity index (χ4n) is 3.71. The molecule has 0 bridgehead atoms. The van der Waals surface area contributed by atoms with E-state index >= 15 is 0 Å². The third-order valence-electron chi connectivity index (χ3n) is 5.34. The monoisotopic (exact) mass is 396 g/mol. The number of hydrogen-bond acceptors (Lipinski definition) is 4. The molecule has 1 aromatic rings. The number of rotatable bonds is 11. The van der Waals surface area contributed by atoms with Gasteiger partial charge in [0, 0.05) is 12.1 Å². The van der Waals surface area contributed by atoms with Crippen LogP contribution >= 0.6 is 0 Å². The van der Waals surface area contributed by atoms with Crippen LogP contribution in [0.5, 0.6) is 5.75 Å². The molecular weight excluding hydrogens is 360 g/mol. The van der Waals surface area contributed by atoms with Crippen molar-refractivity contribution in [3.63, 3.8) is 0 Å². The highest BCUT2D eigenvalue weighted by Crippen LogP contribution is 2.35. The van der Waals surface area contributed by atoms with Gasteiger partial charge in [-0.3, -0.25) is 4.99 Å². The van der Waals surface area contributed by atoms with E-state index in [4.69, 9.17) is 10.5 Å². The first-order valence-corrected chi connectivity index (χ1v) is 10.9.